The highest BCUT2D eigenvalue weighted by molar-refractivity contribution is 6.31. The van der Waals surface area contributed by atoms with Gasteiger partial charge in [0.2, 0.25) is 5.96 Å². The zero-order valence-electron chi connectivity index (χ0n) is 17.5. The van der Waals surface area contributed by atoms with Crippen LogP contribution in [0.4, 0.5) is 10.1 Å². The molecule has 0 saturated carbocycles. The number of aromatic amines is 1. The molecule has 0 aliphatic carbocycles. The first-order valence-corrected chi connectivity index (χ1v) is 10.6. The molecule has 0 unspecified atom stereocenters. The number of amides is 1. The van der Waals surface area contributed by atoms with Gasteiger partial charge < -0.3 is 10.3 Å². The third-order valence-electron chi connectivity index (χ3n) is 5.13. The Morgan fingerprint density at radius 3 is 2.69 bits per heavy atom. The highest BCUT2D eigenvalue weighted by Crippen LogP contribution is 2.20. The number of carbonyl (C=O) groups excluding carboxylic acids is 1. The van der Waals surface area contributed by atoms with E-state index in [0.717, 1.165) is 22.0 Å². The number of hydrogen-bond acceptors (Lipinski definition) is 2. The number of guanidine groups is 1. The van der Waals surface area contributed by atoms with Crippen molar-refractivity contribution in [3.63, 3.8) is 0 Å². The van der Waals surface area contributed by atoms with Crippen LogP contribution < -0.4 is 10.6 Å². The van der Waals surface area contributed by atoms with E-state index in [4.69, 9.17) is 11.6 Å². The van der Waals surface area contributed by atoms with Gasteiger partial charge in [-0.25, -0.2) is 4.39 Å². The molecule has 0 aliphatic rings. The zero-order chi connectivity index (χ0) is 22.5. The molecule has 32 heavy (non-hydrogen) atoms. The van der Waals surface area contributed by atoms with Crippen molar-refractivity contribution in [2.24, 2.45) is 4.99 Å². The fourth-order valence-corrected chi connectivity index (χ4v) is 3.63. The normalized spacial score (nSPS) is 11.5. The summed E-state index contributed by atoms with van der Waals surface area (Å²) in [6.07, 6.45) is 2.65. The van der Waals surface area contributed by atoms with E-state index >= 15 is 0 Å². The number of nitrogens with zero attached hydrogens (tertiary/aromatic N) is 1. The molecule has 1 aromatic heterocycles. The van der Waals surface area contributed by atoms with E-state index in [9.17, 15) is 9.18 Å². The molecule has 0 radical (unpaired) electrons. The van der Waals surface area contributed by atoms with E-state index in [2.05, 4.69) is 26.7 Å². The first kappa shape index (κ1) is 21.6. The first-order valence-electron chi connectivity index (χ1n) is 10.2. The maximum atomic E-state index is 13.5. The number of anilines is 1. The first-order chi connectivity index (χ1) is 15.5. The molecule has 0 spiro atoms. The molecule has 0 atom stereocenters. The van der Waals surface area contributed by atoms with Crippen molar-refractivity contribution in [2.75, 3.05) is 11.9 Å². The molecule has 4 aromatic rings. The highest BCUT2D eigenvalue weighted by atomic mass is 35.5. The zero-order valence-corrected chi connectivity index (χ0v) is 18.2. The summed E-state index contributed by atoms with van der Waals surface area (Å²) in [5.74, 6) is -0.533. The SMILES string of the molecule is Cc1ccccc1C(=O)NC(=NCCc1c[nH]c2ccccc12)Nc1ccc(F)c(Cl)c1. The number of fused-ring (bicyclic) bond motifs is 1. The number of para-hydroxylation sites is 1. The van der Waals surface area contributed by atoms with E-state index in [0.29, 0.717) is 24.2 Å². The predicted molar refractivity (Wildman–Crippen MR) is 128 cm³/mol. The van der Waals surface area contributed by atoms with Gasteiger partial charge in [-0.3, -0.25) is 15.1 Å². The van der Waals surface area contributed by atoms with Gasteiger partial charge in [-0.2, -0.15) is 0 Å². The summed E-state index contributed by atoms with van der Waals surface area (Å²) in [7, 11) is 0. The van der Waals surface area contributed by atoms with Crippen LogP contribution in [-0.4, -0.2) is 23.4 Å². The van der Waals surface area contributed by atoms with Gasteiger partial charge in [-0.1, -0.05) is 48.0 Å². The number of carbonyl (C=O) groups is 1. The van der Waals surface area contributed by atoms with Crippen LogP contribution in [0.1, 0.15) is 21.5 Å². The minimum absolute atomic E-state index is 0.0154. The molecule has 3 aromatic carbocycles. The lowest BCUT2D eigenvalue weighted by atomic mass is 10.1. The maximum Gasteiger partial charge on any atom is 0.258 e. The molecule has 1 amide bonds. The molecule has 7 heteroatoms. The summed E-state index contributed by atoms with van der Waals surface area (Å²) in [6, 6.07) is 19.6. The number of rotatable bonds is 5. The van der Waals surface area contributed by atoms with Crippen LogP contribution in [0.3, 0.4) is 0 Å². The van der Waals surface area contributed by atoms with Crippen molar-refractivity contribution in [1.29, 1.82) is 0 Å². The Labute approximate surface area is 190 Å². The van der Waals surface area contributed by atoms with Crippen LogP contribution >= 0.6 is 11.6 Å². The molecule has 162 valence electrons. The number of aliphatic imine (C=N–C) groups is 1. The van der Waals surface area contributed by atoms with Crippen LogP contribution in [0.25, 0.3) is 10.9 Å². The minimum Gasteiger partial charge on any atom is -0.361 e. The van der Waals surface area contributed by atoms with E-state index in [1.165, 1.54) is 18.2 Å². The topological polar surface area (TPSA) is 69.3 Å². The summed E-state index contributed by atoms with van der Waals surface area (Å²) >= 11 is 5.90. The Bertz CT molecular complexity index is 1300. The molecule has 0 bridgehead atoms. The predicted octanol–water partition coefficient (Wildman–Crippen LogP) is 5.71. The fourth-order valence-electron chi connectivity index (χ4n) is 3.45. The average Bonchev–Trinajstić information content (AvgIpc) is 3.19. The quantitative estimate of drug-likeness (QED) is 0.270. The highest BCUT2D eigenvalue weighted by Gasteiger charge is 2.12. The third kappa shape index (κ3) is 4.98. The van der Waals surface area contributed by atoms with Crippen LogP contribution in [0.5, 0.6) is 0 Å². The summed E-state index contributed by atoms with van der Waals surface area (Å²) < 4.78 is 13.5. The van der Waals surface area contributed by atoms with E-state index in [1.54, 1.807) is 6.07 Å². The van der Waals surface area contributed by atoms with Crippen molar-refractivity contribution < 1.29 is 9.18 Å². The molecular formula is C25H22ClFN4O. The molecule has 3 N–H and O–H groups in total. The standard InChI is InChI=1S/C25H22ClFN4O/c1-16-6-2-3-7-19(16)24(32)31-25(30-18-10-11-22(27)21(26)14-18)28-13-12-17-15-29-23-9-5-4-8-20(17)23/h2-11,14-15,29H,12-13H2,1H3,(H2,28,30,31,32). The molecular weight excluding hydrogens is 427 g/mol. The Kier molecular flexibility index (Phi) is 6.52. The number of halogens is 2. The van der Waals surface area contributed by atoms with Gasteiger partial charge in [-0.05, 0) is 54.8 Å². The smallest absolute Gasteiger partial charge is 0.258 e. The lowest BCUT2D eigenvalue weighted by Crippen LogP contribution is -2.36. The van der Waals surface area contributed by atoms with Gasteiger partial charge in [0.05, 0.1) is 5.02 Å². The van der Waals surface area contributed by atoms with Crippen molar-refractivity contribution >= 4 is 40.1 Å². The van der Waals surface area contributed by atoms with E-state index < -0.39 is 5.82 Å². The number of hydrogen-bond donors (Lipinski definition) is 3. The van der Waals surface area contributed by atoms with Gasteiger partial charge in [0, 0.05) is 34.9 Å². The minimum atomic E-state index is -0.515. The second-order valence-electron chi connectivity index (χ2n) is 7.36. The number of aromatic nitrogens is 1. The molecule has 5 nitrogen and oxygen atoms in total. The van der Waals surface area contributed by atoms with Crippen LogP contribution in [0.15, 0.2) is 77.9 Å². The van der Waals surface area contributed by atoms with E-state index in [1.807, 2.05) is 49.5 Å². The molecule has 0 saturated heterocycles. The van der Waals surface area contributed by atoms with Crippen molar-refractivity contribution in [3.05, 3.63) is 100 Å². The number of H-pyrrole nitrogens is 1. The summed E-state index contributed by atoms with van der Waals surface area (Å²) in [5, 5.41) is 7.00. The van der Waals surface area contributed by atoms with Gasteiger partial charge >= 0.3 is 0 Å². The monoisotopic (exact) mass is 448 g/mol. The second kappa shape index (κ2) is 9.66. The summed E-state index contributed by atoms with van der Waals surface area (Å²) in [5.41, 5.74) is 4.13. The lowest BCUT2D eigenvalue weighted by Gasteiger charge is -2.13. The van der Waals surface area contributed by atoms with Crippen molar-refractivity contribution in [2.45, 2.75) is 13.3 Å². The number of benzene rings is 3. The number of aryl methyl sites for hydroxylation is 1. The van der Waals surface area contributed by atoms with Crippen LogP contribution in [-0.2, 0) is 6.42 Å². The average molecular weight is 449 g/mol. The van der Waals surface area contributed by atoms with Crippen molar-refractivity contribution in [1.82, 2.24) is 10.3 Å². The largest absolute Gasteiger partial charge is 0.361 e. The Balaban J connectivity index is 1.54. The van der Waals surface area contributed by atoms with Gasteiger partial charge in [-0.15, -0.1) is 0 Å². The third-order valence-corrected chi connectivity index (χ3v) is 5.42. The Hall–Kier alpha value is -3.64. The van der Waals surface area contributed by atoms with Crippen molar-refractivity contribution in [3.8, 4) is 0 Å². The Morgan fingerprint density at radius 1 is 1.09 bits per heavy atom. The lowest BCUT2D eigenvalue weighted by molar-refractivity contribution is 0.0976. The fraction of sp³-hybridized carbons (Fsp3) is 0.120. The molecule has 4 rings (SSSR count). The summed E-state index contributed by atoms with van der Waals surface area (Å²) in [6.45, 7) is 2.31. The molecule has 1 heterocycles. The van der Waals surface area contributed by atoms with Gasteiger partial charge in [0.15, 0.2) is 0 Å². The second-order valence-corrected chi connectivity index (χ2v) is 7.77. The van der Waals surface area contributed by atoms with Crippen LogP contribution in [0, 0.1) is 12.7 Å². The van der Waals surface area contributed by atoms with Gasteiger partial charge in [0.1, 0.15) is 5.82 Å². The maximum absolute atomic E-state index is 13.5. The van der Waals surface area contributed by atoms with Gasteiger partial charge in [0.25, 0.3) is 5.91 Å². The Morgan fingerprint density at radius 2 is 1.88 bits per heavy atom. The molecule has 0 aliphatic heterocycles. The number of nitrogens with one attached hydrogen (secondary N) is 3. The van der Waals surface area contributed by atoms with Crippen LogP contribution in [0.2, 0.25) is 5.02 Å². The summed E-state index contributed by atoms with van der Waals surface area (Å²) in [4.78, 5) is 20.7. The molecule has 0 fully saturated rings. The van der Waals surface area contributed by atoms with E-state index in [-0.39, 0.29) is 16.9 Å².